The summed E-state index contributed by atoms with van der Waals surface area (Å²) >= 11 is 6.06. The predicted molar refractivity (Wildman–Crippen MR) is 111 cm³/mol. The number of halogens is 1. The van der Waals surface area contributed by atoms with E-state index in [0.29, 0.717) is 12.1 Å². The first kappa shape index (κ1) is 19.5. The lowest BCUT2D eigenvalue weighted by Crippen LogP contribution is -2.53. The number of nitrogens with one attached hydrogen (secondary N) is 2. The molecule has 0 spiro atoms. The Morgan fingerprint density at radius 1 is 1.23 bits per heavy atom. The summed E-state index contributed by atoms with van der Waals surface area (Å²) in [6.07, 6.45) is 6.11. The number of hydrogen-bond acceptors (Lipinski definition) is 2. The summed E-state index contributed by atoms with van der Waals surface area (Å²) in [4.78, 5) is 7.02. The van der Waals surface area contributed by atoms with Crippen molar-refractivity contribution in [2.75, 3.05) is 26.7 Å². The van der Waals surface area contributed by atoms with Gasteiger partial charge in [0.25, 0.3) is 0 Å². The molecule has 144 valence electrons. The predicted octanol–water partition coefficient (Wildman–Crippen LogP) is 3.80. The Morgan fingerprint density at radius 3 is 2.38 bits per heavy atom. The van der Waals surface area contributed by atoms with Crippen LogP contribution in [0.2, 0.25) is 5.02 Å². The summed E-state index contributed by atoms with van der Waals surface area (Å²) < 4.78 is 0. The van der Waals surface area contributed by atoms with E-state index < -0.39 is 0 Å². The molecule has 2 fully saturated rings. The molecular weight excluding hydrogens is 344 g/mol. The van der Waals surface area contributed by atoms with E-state index in [2.05, 4.69) is 46.5 Å². The van der Waals surface area contributed by atoms with Crippen molar-refractivity contribution in [2.24, 2.45) is 4.99 Å². The topological polar surface area (TPSA) is 39.7 Å². The molecule has 0 aromatic heterocycles. The van der Waals surface area contributed by atoms with Crippen molar-refractivity contribution in [3.8, 4) is 0 Å². The van der Waals surface area contributed by atoms with Gasteiger partial charge >= 0.3 is 0 Å². The number of hydrogen-bond donors (Lipinski definition) is 2. The first-order chi connectivity index (χ1) is 12.5. The number of likely N-dealkylation sites (tertiary alicyclic amines) is 1. The molecule has 2 aliphatic rings. The molecule has 2 N–H and O–H groups in total. The number of aliphatic imine (C=N–C) groups is 1. The normalized spacial score (nSPS) is 21.5. The summed E-state index contributed by atoms with van der Waals surface area (Å²) in [5.74, 6) is 0.938. The van der Waals surface area contributed by atoms with Crippen molar-refractivity contribution >= 4 is 17.6 Å². The summed E-state index contributed by atoms with van der Waals surface area (Å²) in [5.41, 5.74) is 1.62. The van der Waals surface area contributed by atoms with E-state index in [0.717, 1.165) is 17.5 Å². The zero-order valence-corrected chi connectivity index (χ0v) is 17.1. The smallest absolute Gasteiger partial charge is 0.191 e. The highest BCUT2D eigenvalue weighted by atomic mass is 35.5. The summed E-state index contributed by atoms with van der Waals surface area (Å²) in [6, 6.07) is 9.54. The Labute approximate surface area is 163 Å². The van der Waals surface area contributed by atoms with Gasteiger partial charge in [-0.15, -0.1) is 0 Å². The van der Waals surface area contributed by atoms with Gasteiger partial charge in [0.15, 0.2) is 5.96 Å². The molecule has 0 bridgehead atoms. The van der Waals surface area contributed by atoms with Crippen molar-refractivity contribution in [2.45, 2.75) is 63.5 Å². The average molecular weight is 377 g/mol. The van der Waals surface area contributed by atoms with Gasteiger partial charge in [0.1, 0.15) is 0 Å². The monoisotopic (exact) mass is 376 g/mol. The van der Waals surface area contributed by atoms with E-state index in [4.69, 9.17) is 11.6 Å². The fourth-order valence-electron chi connectivity index (χ4n) is 4.18. The number of guanidine groups is 1. The number of benzene rings is 1. The number of piperidine rings is 1. The quantitative estimate of drug-likeness (QED) is 0.606. The molecule has 1 aromatic carbocycles. The minimum atomic E-state index is 0.225. The van der Waals surface area contributed by atoms with Gasteiger partial charge in [-0.05, 0) is 57.2 Å². The van der Waals surface area contributed by atoms with Gasteiger partial charge in [-0.3, -0.25) is 4.99 Å². The van der Waals surface area contributed by atoms with E-state index in [1.165, 1.54) is 50.8 Å². The van der Waals surface area contributed by atoms with E-state index in [1.54, 1.807) is 0 Å². The standard InChI is InChI=1S/C21H33ClN4/c1-16(2)26-13-9-19(10-14-26)25-20(23-3)24-15-21(11-4-12-21)17-5-7-18(22)8-6-17/h5-8,16,19H,4,9-15H2,1-3H3,(H2,23,24,25). The summed E-state index contributed by atoms with van der Waals surface area (Å²) in [6.45, 7) is 7.83. The molecule has 1 saturated carbocycles. The lowest BCUT2D eigenvalue weighted by molar-refractivity contribution is 0.167. The van der Waals surface area contributed by atoms with Crippen LogP contribution in [0.3, 0.4) is 0 Å². The van der Waals surface area contributed by atoms with Crippen LogP contribution >= 0.6 is 11.6 Å². The van der Waals surface area contributed by atoms with E-state index in [1.807, 2.05) is 19.2 Å². The van der Waals surface area contributed by atoms with Crippen LogP contribution in [0.25, 0.3) is 0 Å². The fourth-order valence-corrected chi connectivity index (χ4v) is 4.30. The summed E-state index contributed by atoms with van der Waals surface area (Å²) in [5, 5.41) is 8.04. The third-order valence-corrected chi connectivity index (χ3v) is 6.44. The molecule has 1 aliphatic heterocycles. The first-order valence-corrected chi connectivity index (χ1v) is 10.4. The van der Waals surface area contributed by atoms with Gasteiger partial charge in [0.05, 0.1) is 0 Å². The van der Waals surface area contributed by atoms with Crippen molar-refractivity contribution in [1.29, 1.82) is 0 Å². The highest BCUT2D eigenvalue weighted by Crippen LogP contribution is 2.43. The van der Waals surface area contributed by atoms with Gasteiger partial charge < -0.3 is 15.5 Å². The Kier molecular flexibility index (Phi) is 6.46. The molecule has 0 radical (unpaired) electrons. The highest BCUT2D eigenvalue weighted by Gasteiger charge is 2.38. The van der Waals surface area contributed by atoms with Crippen LogP contribution in [0.1, 0.15) is 51.5 Å². The van der Waals surface area contributed by atoms with Crippen LogP contribution in [0.15, 0.2) is 29.3 Å². The van der Waals surface area contributed by atoms with Gasteiger partial charge in [-0.25, -0.2) is 0 Å². The van der Waals surface area contributed by atoms with Crippen LogP contribution in [-0.2, 0) is 5.41 Å². The Bertz CT molecular complexity index is 599. The lowest BCUT2D eigenvalue weighted by Gasteiger charge is -2.43. The number of rotatable bonds is 5. The van der Waals surface area contributed by atoms with Gasteiger partial charge in [0.2, 0.25) is 0 Å². The second kappa shape index (κ2) is 8.62. The van der Waals surface area contributed by atoms with Gasteiger partial charge in [0, 0.05) is 49.2 Å². The minimum Gasteiger partial charge on any atom is -0.356 e. The molecule has 4 nitrogen and oxygen atoms in total. The van der Waals surface area contributed by atoms with Gasteiger partial charge in [-0.1, -0.05) is 30.2 Å². The second-order valence-corrected chi connectivity index (χ2v) is 8.55. The third kappa shape index (κ3) is 4.52. The maximum Gasteiger partial charge on any atom is 0.191 e. The molecule has 0 atom stereocenters. The van der Waals surface area contributed by atoms with E-state index >= 15 is 0 Å². The van der Waals surface area contributed by atoms with Crippen LogP contribution in [0.4, 0.5) is 0 Å². The van der Waals surface area contributed by atoms with Crippen LogP contribution in [-0.4, -0.2) is 49.6 Å². The van der Waals surface area contributed by atoms with Crippen molar-refractivity contribution in [3.05, 3.63) is 34.9 Å². The maximum atomic E-state index is 6.06. The van der Waals surface area contributed by atoms with Crippen molar-refractivity contribution in [3.63, 3.8) is 0 Å². The average Bonchev–Trinajstić information content (AvgIpc) is 2.61. The molecule has 1 saturated heterocycles. The Hall–Kier alpha value is -1.26. The fraction of sp³-hybridized carbons (Fsp3) is 0.667. The molecule has 5 heteroatoms. The largest absolute Gasteiger partial charge is 0.356 e. The van der Waals surface area contributed by atoms with E-state index in [-0.39, 0.29) is 5.41 Å². The molecule has 1 aromatic rings. The Morgan fingerprint density at radius 2 is 1.88 bits per heavy atom. The number of nitrogens with zero attached hydrogens (tertiary/aromatic N) is 2. The molecule has 26 heavy (non-hydrogen) atoms. The zero-order valence-electron chi connectivity index (χ0n) is 16.4. The first-order valence-electron chi connectivity index (χ1n) is 10.00. The minimum absolute atomic E-state index is 0.225. The van der Waals surface area contributed by atoms with Crippen molar-refractivity contribution < 1.29 is 0 Å². The zero-order chi connectivity index (χ0) is 18.6. The molecule has 1 aliphatic carbocycles. The second-order valence-electron chi connectivity index (χ2n) is 8.11. The highest BCUT2D eigenvalue weighted by molar-refractivity contribution is 6.30. The van der Waals surface area contributed by atoms with Crippen LogP contribution in [0, 0.1) is 0 Å². The van der Waals surface area contributed by atoms with Gasteiger partial charge in [-0.2, -0.15) is 0 Å². The van der Waals surface area contributed by atoms with E-state index in [9.17, 15) is 0 Å². The van der Waals surface area contributed by atoms with Crippen molar-refractivity contribution in [1.82, 2.24) is 15.5 Å². The molecule has 3 rings (SSSR count). The maximum absolute atomic E-state index is 6.06. The lowest BCUT2D eigenvalue weighted by atomic mass is 9.64. The molecule has 1 heterocycles. The molecule has 0 amide bonds. The van der Waals surface area contributed by atoms with Crippen LogP contribution in [0.5, 0.6) is 0 Å². The molecular formula is C21H33ClN4. The molecule has 0 unspecified atom stereocenters. The summed E-state index contributed by atoms with van der Waals surface area (Å²) in [7, 11) is 1.87. The SMILES string of the molecule is CN=C(NCC1(c2ccc(Cl)cc2)CCC1)NC1CCN(C(C)C)CC1. The van der Waals surface area contributed by atoms with Crippen LogP contribution < -0.4 is 10.6 Å². The Balaban J connectivity index is 1.53. The third-order valence-electron chi connectivity index (χ3n) is 6.19.